The van der Waals surface area contributed by atoms with Crippen LogP contribution in [0.15, 0.2) is 77.9 Å². The van der Waals surface area contributed by atoms with Gasteiger partial charge in [0, 0.05) is 25.9 Å². The van der Waals surface area contributed by atoms with Crippen LogP contribution < -0.4 is 5.56 Å². The fourth-order valence-electron chi connectivity index (χ4n) is 4.27. The van der Waals surface area contributed by atoms with E-state index in [1.807, 2.05) is 30.3 Å². The van der Waals surface area contributed by atoms with Gasteiger partial charge in [-0.05, 0) is 29.3 Å². The summed E-state index contributed by atoms with van der Waals surface area (Å²) >= 11 is 0. The molecule has 0 fully saturated rings. The Morgan fingerprint density at radius 3 is 2.54 bits per heavy atom. The molecule has 9 heteroatoms. The molecule has 3 heterocycles. The predicted octanol–water partition coefficient (Wildman–Crippen LogP) is 3.87. The molecule has 5 rings (SSSR count). The first-order valence-corrected chi connectivity index (χ1v) is 10.9. The van der Waals surface area contributed by atoms with Crippen LogP contribution in [-0.2, 0) is 22.6 Å². The van der Waals surface area contributed by atoms with E-state index in [1.54, 1.807) is 29.8 Å². The summed E-state index contributed by atoms with van der Waals surface area (Å²) in [4.78, 5) is 29.9. The van der Waals surface area contributed by atoms with Gasteiger partial charge in [-0.15, -0.1) is 0 Å². The lowest BCUT2D eigenvalue weighted by molar-refractivity contribution is -0.141. The number of pyridine rings is 1. The van der Waals surface area contributed by atoms with Gasteiger partial charge in [-0.3, -0.25) is 4.79 Å². The first-order valence-electron chi connectivity index (χ1n) is 10.9. The second-order valence-electron chi connectivity index (χ2n) is 8.13. The number of benzene rings is 2. The molecule has 0 saturated carbocycles. The standard InChI is InChI=1S/C26H21FN4O4/c1-35-15-20-23(17-7-9-18(27)10-8-17)24-28-14-19-21(31(24)29-20)11-12-30(25(19)32)22(26(33)34)13-16-5-3-2-4-6-16/h2-12,14,22H,13,15H2,1H3,(H,33,34). The number of halogens is 1. The average Bonchev–Trinajstić information content (AvgIpc) is 3.23. The lowest BCUT2D eigenvalue weighted by Crippen LogP contribution is -2.31. The summed E-state index contributed by atoms with van der Waals surface area (Å²) in [6.45, 7) is 0.187. The van der Waals surface area contributed by atoms with E-state index >= 15 is 0 Å². The van der Waals surface area contributed by atoms with E-state index < -0.39 is 17.6 Å². The molecule has 3 aromatic heterocycles. The van der Waals surface area contributed by atoms with Crippen LogP contribution >= 0.6 is 0 Å². The second-order valence-corrected chi connectivity index (χ2v) is 8.13. The van der Waals surface area contributed by atoms with Gasteiger partial charge in [0.25, 0.3) is 5.56 Å². The van der Waals surface area contributed by atoms with Crippen molar-refractivity contribution in [2.24, 2.45) is 0 Å². The molecule has 2 aromatic carbocycles. The molecule has 1 unspecified atom stereocenters. The minimum absolute atomic E-state index is 0.158. The van der Waals surface area contributed by atoms with Crippen LogP contribution in [0.5, 0.6) is 0 Å². The van der Waals surface area contributed by atoms with Crippen molar-refractivity contribution in [2.45, 2.75) is 19.1 Å². The van der Waals surface area contributed by atoms with E-state index in [9.17, 15) is 19.1 Å². The number of fused-ring (bicyclic) bond motifs is 3. The van der Waals surface area contributed by atoms with Gasteiger partial charge in [-0.1, -0.05) is 42.5 Å². The SMILES string of the molecule is COCc1nn2c(ncc3c(=O)n(C(Cc4ccccc4)C(=O)O)ccc32)c1-c1ccc(F)cc1. The summed E-state index contributed by atoms with van der Waals surface area (Å²) in [6, 6.07) is 15.7. The fraction of sp³-hybridized carbons (Fsp3) is 0.154. The van der Waals surface area contributed by atoms with E-state index in [0.717, 1.165) is 5.56 Å². The van der Waals surface area contributed by atoms with Crippen molar-refractivity contribution in [1.29, 1.82) is 0 Å². The Balaban J connectivity index is 1.67. The van der Waals surface area contributed by atoms with Crippen LogP contribution in [-0.4, -0.2) is 37.4 Å². The highest BCUT2D eigenvalue weighted by Gasteiger charge is 2.24. The number of methoxy groups -OCH3 is 1. The summed E-state index contributed by atoms with van der Waals surface area (Å²) < 4.78 is 21.6. The molecule has 0 aliphatic heterocycles. The maximum Gasteiger partial charge on any atom is 0.327 e. The quantitative estimate of drug-likeness (QED) is 0.386. The molecule has 176 valence electrons. The van der Waals surface area contributed by atoms with Gasteiger partial charge in [0.15, 0.2) is 5.65 Å². The molecule has 0 saturated heterocycles. The number of carbonyl (C=O) groups is 1. The van der Waals surface area contributed by atoms with E-state index in [4.69, 9.17) is 4.74 Å². The largest absolute Gasteiger partial charge is 0.480 e. The lowest BCUT2D eigenvalue weighted by atomic mass is 10.1. The van der Waals surface area contributed by atoms with Crippen LogP contribution in [0.2, 0.25) is 0 Å². The Morgan fingerprint density at radius 2 is 1.86 bits per heavy atom. The average molecular weight is 472 g/mol. The zero-order valence-corrected chi connectivity index (χ0v) is 18.8. The molecule has 5 aromatic rings. The third-order valence-corrected chi connectivity index (χ3v) is 5.92. The molecule has 0 aliphatic rings. The molecule has 0 amide bonds. The van der Waals surface area contributed by atoms with Gasteiger partial charge < -0.3 is 14.4 Å². The smallest absolute Gasteiger partial charge is 0.327 e. The van der Waals surface area contributed by atoms with Crippen molar-refractivity contribution in [1.82, 2.24) is 19.2 Å². The van der Waals surface area contributed by atoms with Crippen LogP contribution in [0.25, 0.3) is 27.7 Å². The number of aromatic nitrogens is 4. The lowest BCUT2D eigenvalue weighted by Gasteiger charge is -2.16. The highest BCUT2D eigenvalue weighted by Crippen LogP contribution is 2.30. The van der Waals surface area contributed by atoms with Gasteiger partial charge in [0.1, 0.15) is 11.9 Å². The topological polar surface area (TPSA) is 98.7 Å². The van der Waals surface area contributed by atoms with Crippen molar-refractivity contribution < 1.29 is 19.0 Å². The summed E-state index contributed by atoms with van der Waals surface area (Å²) in [6.07, 6.45) is 3.06. The Hall–Kier alpha value is -4.37. The normalized spacial score (nSPS) is 12.3. The third kappa shape index (κ3) is 4.06. The minimum atomic E-state index is -1.11. The van der Waals surface area contributed by atoms with Crippen LogP contribution in [0, 0.1) is 5.82 Å². The van der Waals surface area contributed by atoms with E-state index in [1.165, 1.54) is 29.1 Å². The maximum atomic E-state index is 13.5. The van der Waals surface area contributed by atoms with Crippen molar-refractivity contribution >= 4 is 22.5 Å². The zero-order valence-electron chi connectivity index (χ0n) is 18.8. The Morgan fingerprint density at radius 1 is 1.11 bits per heavy atom. The van der Waals surface area contributed by atoms with Crippen LogP contribution in [0.1, 0.15) is 17.3 Å². The number of aliphatic carboxylic acids is 1. The van der Waals surface area contributed by atoms with Gasteiger partial charge in [-0.25, -0.2) is 18.7 Å². The molecular formula is C26H21FN4O4. The molecule has 0 aliphatic carbocycles. The number of carboxylic acid groups (broad SMARTS) is 1. The number of nitrogens with zero attached hydrogens (tertiary/aromatic N) is 4. The highest BCUT2D eigenvalue weighted by molar-refractivity contribution is 5.86. The monoisotopic (exact) mass is 472 g/mol. The summed E-state index contributed by atoms with van der Waals surface area (Å²) in [5.74, 6) is -1.47. The molecular weight excluding hydrogens is 451 g/mol. The van der Waals surface area contributed by atoms with Crippen LogP contribution in [0.4, 0.5) is 4.39 Å². The fourth-order valence-corrected chi connectivity index (χ4v) is 4.27. The first kappa shape index (κ1) is 22.4. The first-order chi connectivity index (χ1) is 17.0. The van der Waals surface area contributed by atoms with Gasteiger partial charge >= 0.3 is 5.97 Å². The summed E-state index contributed by atoms with van der Waals surface area (Å²) in [5.41, 5.74) is 3.25. The number of rotatable bonds is 7. The van der Waals surface area contributed by atoms with Gasteiger partial charge in [-0.2, -0.15) is 5.10 Å². The van der Waals surface area contributed by atoms with Crippen LogP contribution in [0.3, 0.4) is 0 Å². The molecule has 1 atom stereocenters. The number of hydrogen-bond donors (Lipinski definition) is 1. The summed E-state index contributed by atoms with van der Waals surface area (Å²) in [5, 5.41) is 14.7. The Kier molecular flexibility index (Phi) is 5.84. The van der Waals surface area contributed by atoms with Gasteiger partial charge in [0.05, 0.1) is 28.8 Å². The van der Waals surface area contributed by atoms with Crippen molar-refractivity contribution in [2.75, 3.05) is 7.11 Å². The minimum Gasteiger partial charge on any atom is -0.480 e. The maximum absolute atomic E-state index is 13.5. The van der Waals surface area contributed by atoms with E-state index in [2.05, 4.69) is 10.1 Å². The van der Waals surface area contributed by atoms with Gasteiger partial charge in [0.2, 0.25) is 0 Å². The Labute approximate surface area is 198 Å². The van der Waals surface area contributed by atoms with E-state index in [-0.39, 0.29) is 24.2 Å². The zero-order chi connectivity index (χ0) is 24.5. The van der Waals surface area contributed by atoms with E-state index in [0.29, 0.717) is 28.0 Å². The van der Waals surface area contributed by atoms with Crippen molar-refractivity contribution in [3.63, 3.8) is 0 Å². The molecule has 35 heavy (non-hydrogen) atoms. The number of carboxylic acids is 1. The number of hydrogen-bond acceptors (Lipinski definition) is 5. The van der Waals surface area contributed by atoms with Crippen molar-refractivity contribution in [3.8, 4) is 11.1 Å². The molecule has 1 N–H and O–H groups in total. The predicted molar refractivity (Wildman–Crippen MR) is 128 cm³/mol. The molecule has 0 radical (unpaired) electrons. The third-order valence-electron chi connectivity index (χ3n) is 5.92. The Bertz CT molecular complexity index is 1590. The highest BCUT2D eigenvalue weighted by atomic mass is 19.1. The molecule has 0 bridgehead atoms. The summed E-state index contributed by atoms with van der Waals surface area (Å²) in [7, 11) is 1.54. The number of ether oxygens (including phenoxy) is 1. The molecule has 0 spiro atoms. The second kappa shape index (κ2) is 9.11. The molecule has 8 nitrogen and oxygen atoms in total. The van der Waals surface area contributed by atoms with Crippen molar-refractivity contribution in [3.05, 3.63) is 100 Å².